The highest BCUT2D eigenvalue weighted by molar-refractivity contribution is 5.94. The molecule has 1 saturated heterocycles. The summed E-state index contributed by atoms with van der Waals surface area (Å²) in [5.74, 6) is -0.161. The average Bonchev–Trinajstić information content (AvgIpc) is 2.91. The van der Waals surface area contributed by atoms with Crippen LogP contribution < -0.4 is 14.8 Å². The van der Waals surface area contributed by atoms with Gasteiger partial charge in [-0.3, -0.25) is 14.4 Å². The topological polar surface area (TPSA) is 94.2 Å². The zero-order valence-corrected chi connectivity index (χ0v) is 20.4. The van der Waals surface area contributed by atoms with Gasteiger partial charge in [-0.05, 0) is 47.5 Å². The summed E-state index contributed by atoms with van der Waals surface area (Å²) in [5.41, 5.74) is 0.836. The van der Waals surface area contributed by atoms with E-state index in [1.165, 1.54) is 4.90 Å². The Labute approximate surface area is 210 Å². The Hall–Kier alpha value is -4.07. The van der Waals surface area contributed by atoms with E-state index in [0.29, 0.717) is 18.8 Å². The maximum Gasteiger partial charge on any atom is 0.308 e. The number of carbonyl (C=O) groups excluding carboxylic acids is 3. The lowest BCUT2D eigenvalue weighted by Gasteiger charge is -2.36. The first-order valence-corrected chi connectivity index (χ1v) is 12.0. The normalized spacial score (nSPS) is 16.2. The third-order valence-corrected chi connectivity index (χ3v) is 6.27. The minimum atomic E-state index is -0.916. The molecule has 8 heteroatoms. The molecular weight excluding hydrogens is 460 g/mol. The summed E-state index contributed by atoms with van der Waals surface area (Å²) in [6.45, 7) is 2.73. The van der Waals surface area contributed by atoms with Gasteiger partial charge >= 0.3 is 5.97 Å². The van der Waals surface area contributed by atoms with Crippen molar-refractivity contribution in [2.45, 2.75) is 25.3 Å². The van der Waals surface area contributed by atoms with Crippen LogP contribution in [0.3, 0.4) is 0 Å². The molecule has 1 heterocycles. The van der Waals surface area contributed by atoms with Crippen LogP contribution in [0.15, 0.2) is 66.7 Å². The Morgan fingerprint density at radius 1 is 1.00 bits per heavy atom. The molecule has 3 aromatic rings. The van der Waals surface area contributed by atoms with E-state index in [4.69, 9.17) is 14.2 Å². The van der Waals surface area contributed by atoms with Crippen LogP contribution in [0.1, 0.15) is 24.8 Å². The number of esters is 1. The molecule has 36 heavy (non-hydrogen) atoms. The molecule has 1 N–H and O–H groups in total. The van der Waals surface area contributed by atoms with E-state index in [1.54, 1.807) is 7.11 Å². The van der Waals surface area contributed by atoms with Crippen LogP contribution in [-0.2, 0) is 19.1 Å². The lowest BCUT2D eigenvalue weighted by molar-refractivity contribution is -0.152. The summed E-state index contributed by atoms with van der Waals surface area (Å²) in [7, 11) is 1.62. The number of ether oxygens (including phenoxy) is 3. The first-order chi connectivity index (χ1) is 17.5. The van der Waals surface area contributed by atoms with Crippen molar-refractivity contribution in [3.63, 3.8) is 0 Å². The van der Waals surface area contributed by atoms with Crippen LogP contribution in [0.5, 0.6) is 11.5 Å². The van der Waals surface area contributed by atoms with Crippen molar-refractivity contribution < 1.29 is 28.6 Å². The van der Waals surface area contributed by atoms with Gasteiger partial charge in [0, 0.05) is 13.1 Å². The number of para-hydroxylation sites is 1. The van der Waals surface area contributed by atoms with Gasteiger partial charge in [0.25, 0.3) is 0 Å². The van der Waals surface area contributed by atoms with Gasteiger partial charge in [-0.2, -0.15) is 0 Å². The highest BCUT2D eigenvalue weighted by atomic mass is 16.6. The highest BCUT2D eigenvalue weighted by Crippen LogP contribution is 2.27. The number of rotatable bonds is 9. The summed E-state index contributed by atoms with van der Waals surface area (Å²) in [4.78, 5) is 40.0. The summed E-state index contributed by atoms with van der Waals surface area (Å²) in [6.07, 6.45) is -0.215. The molecule has 8 nitrogen and oxygen atoms in total. The number of amides is 2. The molecule has 1 fully saturated rings. The Morgan fingerprint density at radius 2 is 1.75 bits per heavy atom. The van der Waals surface area contributed by atoms with E-state index >= 15 is 0 Å². The second-order valence-electron chi connectivity index (χ2n) is 8.62. The van der Waals surface area contributed by atoms with E-state index in [1.807, 2.05) is 73.7 Å². The van der Waals surface area contributed by atoms with Crippen LogP contribution in [0.2, 0.25) is 0 Å². The van der Waals surface area contributed by atoms with E-state index < -0.39 is 17.9 Å². The van der Waals surface area contributed by atoms with Crippen molar-refractivity contribution in [2.24, 2.45) is 0 Å². The maximum absolute atomic E-state index is 13.4. The molecule has 1 aliphatic rings. The molecule has 1 unspecified atom stereocenters. The number of methoxy groups -OCH3 is 1. The fourth-order valence-electron chi connectivity index (χ4n) is 4.26. The zero-order valence-electron chi connectivity index (χ0n) is 20.4. The van der Waals surface area contributed by atoms with Crippen LogP contribution in [-0.4, -0.2) is 62.1 Å². The van der Waals surface area contributed by atoms with Crippen LogP contribution >= 0.6 is 0 Å². The summed E-state index contributed by atoms with van der Waals surface area (Å²) in [6, 6.07) is 19.9. The lowest BCUT2D eigenvalue weighted by atomic mass is 9.95. The monoisotopic (exact) mass is 490 g/mol. The number of hydrogen-bond acceptors (Lipinski definition) is 6. The third kappa shape index (κ3) is 5.94. The Morgan fingerprint density at radius 3 is 2.53 bits per heavy atom. The molecule has 188 valence electrons. The minimum absolute atomic E-state index is 0.0499. The molecule has 0 radical (unpaired) electrons. The van der Waals surface area contributed by atoms with Gasteiger partial charge in [-0.15, -0.1) is 0 Å². The van der Waals surface area contributed by atoms with Crippen LogP contribution in [0, 0.1) is 0 Å². The fourth-order valence-corrected chi connectivity index (χ4v) is 4.26. The fraction of sp³-hybridized carbons (Fsp3) is 0.321. The number of piperazine rings is 1. The third-order valence-electron chi connectivity index (χ3n) is 6.27. The second kappa shape index (κ2) is 11.6. The van der Waals surface area contributed by atoms with Crippen molar-refractivity contribution in [2.75, 3.05) is 33.4 Å². The van der Waals surface area contributed by atoms with Crippen molar-refractivity contribution in [1.29, 1.82) is 0 Å². The minimum Gasteiger partial charge on any atom is -0.497 e. The van der Waals surface area contributed by atoms with Crippen molar-refractivity contribution >= 4 is 28.6 Å². The predicted molar refractivity (Wildman–Crippen MR) is 135 cm³/mol. The quantitative estimate of drug-likeness (QED) is 0.365. The molecule has 0 aromatic heterocycles. The molecule has 2 atom stereocenters. The van der Waals surface area contributed by atoms with Crippen molar-refractivity contribution in [3.8, 4) is 11.5 Å². The number of nitrogens with zero attached hydrogens (tertiary/aromatic N) is 1. The first-order valence-electron chi connectivity index (χ1n) is 12.0. The largest absolute Gasteiger partial charge is 0.497 e. The summed E-state index contributed by atoms with van der Waals surface area (Å²) < 4.78 is 16.1. The lowest BCUT2D eigenvalue weighted by Crippen LogP contribution is -2.58. The van der Waals surface area contributed by atoms with Gasteiger partial charge in [0.2, 0.25) is 11.8 Å². The summed E-state index contributed by atoms with van der Waals surface area (Å²) >= 11 is 0. The Balaban J connectivity index is 1.38. The van der Waals surface area contributed by atoms with Crippen molar-refractivity contribution in [1.82, 2.24) is 10.2 Å². The smallest absolute Gasteiger partial charge is 0.308 e. The molecule has 0 aliphatic carbocycles. The molecule has 4 rings (SSSR count). The van der Waals surface area contributed by atoms with Gasteiger partial charge in [0.1, 0.15) is 30.8 Å². The van der Waals surface area contributed by atoms with E-state index in [-0.39, 0.29) is 31.4 Å². The molecular formula is C28H30N2O6. The maximum atomic E-state index is 13.4. The number of carbonyl (C=O) groups is 3. The van der Waals surface area contributed by atoms with Gasteiger partial charge < -0.3 is 24.4 Å². The number of hydrogen-bond donors (Lipinski definition) is 1. The Bertz CT molecular complexity index is 1230. The Kier molecular flexibility index (Phi) is 8.05. The molecule has 0 saturated carbocycles. The molecule has 0 spiro atoms. The van der Waals surface area contributed by atoms with Gasteiger partial charge in [0.05, 0.1) is 19.4 Å². The number of fused-ring (bicyclic) bond motifs is 1. The highest BCUT2D eigenvalue weighted by Gasteiger charge is 2.37. The van der Waals surface area contributed by atoms with Crippen LogP contribution in [0.25, 0.3) is 10.8 Å². The van der Waals surface area contributed by atoms with Gasteiger partial charge in [0.15, 0.2) is 0 Å². The molecule has 1 aliphatic heterocycles. The average molecular weight is 491 g/mol. The predicted octanol–water partition coefficient (Wildman–Crippen LogP) is 3.29. The standard InChI is InChI=1S/C28H30N2O6/c1-19(20-8-9-22-17-24(34-2)11-10-21(22)16-20)28(33)30-13-12-29-27(32)25(30)18-26(31)36-15-14-35-23-6-4-3-5-7-23/h3-11,16-17,19,25H,12-15,18H2,1-2H3,(H,29,32)/t19-,25?/m0/s1. The first kappa shape index (κ1) is 25.0. The molecule has 2 amide bonds. The van der Waals surface area contributed by atoms with E-state index in [2.05, 4.69) is 5.32 Å². The van der Waals surface area contributed by atoms with Crippen LogP contribution in [0.4, 0.5) is 0 Å². The molecule has 0 bridgehead atoms. The van der Waals surface area contributed by atoms with E-state index in [0.717, 1.165) is 22.1 Å². The second-order valence-corrected chi connectivity index (χ2v) is 8.62. The zero-order chi connectivity index (χ0) is 25.5. The number of benzene rings is 3. The van der Waals surface area contributed by atoms with Gasteiger partial charge in [-0.25, -0.2) is 0 Å². The SMILES string of the molecule is COc1ccc2cc([C@H](C)C(=O)N3CCNC(=O)C3CC(=O)OCCOc3ccccc3)ccc2c1. The van der Waals surface area contributed by atoms with E-state index in [9.17, 15) is 14.4 Å². The molecule has 3 aromatic carbocycles. The van der Waals surface area contributed by atoms with Crippen molar-refractivity contribution in [3.05, 3.63) is 72.3 Å². The van der Waals surface area contributed by atoms with Gasteiger partial charge in [-0.1, -0.05) is 42.5 Å². The summed E-state index contributed by atoms with van der Waals surface area (Å²) in [5, 5.41) is 4.74. The number of nitrogens with one attached hydrogen (secondary N) is 1.